The molecule has 1 unspecified atom stereocenters. The number of hydrogen-bond acceptors (Lipinski definition) is 7. The predicted octanol–water partition coefficient (Wildman–Crippen LogP) is 4.80. The van der Waals surface area contributed by atoms with Gasteiger partial charge in [-0.25, -0.2) is 9.78 Å². The Bertz CT molecular complexity index is 1780. The fourth-order valence-electron chi connectivity index (χ4n) is 4.65. The van der Waals surface area contributed by atoms with Gasteiger partial charge in [-0.05, 0) is 48.0 Å². The lowest BCUT2D eigenvalue weighted by Crippen LogP contribution is -2.32. The largest absolute Gasteiger partial charge is 0.503 e. The van der Waals surface area contributed by atoms with E-state index >= 15 is 0 Å². The van der Waals surface area contributed by atoms with Crippen molar-refractivity contribution in [3.63, 3.8) is 0 Å². The number of carbonyl (C=O) groups is 3. The number of anilines is 1. The van der Waals surface area contributed by atoms with Crippen molar-refractivity contribution in [2.75, 3.05) is 12.0 Å². The molecule has 3 aromatic carbocycles. The number of carboxylic acid groups (broad SMARTS) is 1. The van der Waals surface area contributed by atoms with E-state index in [1.807, 2.05) is 0 Å². The topological polar surface area (TPSA) is 146 Å². The maximum absolute atomic E-state index is 13.8. The van der Waals surface area contributed by atoms with Gasteiger partial charge in [-0.1, -0.05) is 30.3 Å². The average Bonchev–Trinajstić information content (AvgIpc) is 3.62. The maximum Gasteiger partial charge on any atom is 0.335 e. The van der Waals surface area contributed by atoms with Gasteiger partial charge in [0.1, 0.15) is 11.3 Å². The van der Waals surface area contributed by atoms with Crippen LogP contribution in [0.5, 0.6) is 5.75 Å². The average molecular weight is 509 g/mol. The van der Waals surface area contributed by atoms with Crippen LogP contribution in [0, 0.1) is 0 Å². The first kappa shape index (κ1) is 23.0. The number of rotatable bonds is 6. The molecule has 10 heteroatoms. The summed E-state index contributed by atoms with van der Waals surface area (Å²) < 4.78 is 11.1. The van der Waals surface area contributed by atoms with E-state index in [2.05, 4.69) is 9.97 Å². The number of amides is 1. The second-order valence-electron chi connectivity index (χ2n) is 8.69. The molecule has 5 aromatic rings. The van der Waals surface area contributed by atoms with Crippen molar-refractivity contribution in [3.05, 3.63) is 101 Å². The minimum absolute atomic E-state index is 0.0271. The molecule has 3 heterocycles. The number of aromatic carboxylic acids is 1. The molecule has 1 aliphatic rings. The Morgan fingerprint density at radius 2 is 1.87 bits per heavy atom. The molecule has 0 spiro atoms. The first-order valence-corrected chi connectivity index (χ1v) is 11.5. The molecule has 0 saturated heterocycles. The van der Waals surface area contributed by atoms with Gasteiger partial charge in [-0.3, -0.25) is 14.5 Å². The van der Waals surface area contributed by atoms with Crippen molar-refractivity contribution in [3.8, 4) is 5.75 Å². The van der Waals surface area contributed by atoms with Crippen molar-refractivity contribution >= 4 is 45.6 Å². The highest BCUT2D eigenvalue weighted by atomic mass is 16.5. The number of aromatic nitrogens is 2. The number of methoxy groups -OCH3 is 1. The minimum Gasteiger partial charge on any atom is -0.503 e. The Hall–Kier alpha value is -5.38. The fraction of sp³-hybridized carbons (Fsp3) is 0.0714. The number of ether oxygens (including phenoxy) is 1. The SMILES string of the molecule is COc1cccc(C2C(C(=O)c3cc4ccccc4o3)=C(O)C(=O)N2c2nc3ccc(C(=O)O)cc3[nH]2)c1. The number of hydrogen-bond donors (Lipinski definition) is 3. The van der Waals surface area contributed by atoms with Crippen LogP contribution >= 0.6 is 0 Å². The Labute approximate surface area is 214 Å². The molecule has 0 fully saturated rings. The smallest absolute Gasteiger partial charge is 0.335 e. The number of aromatic amines is 1. The number of Topliss-reactive ketones (excluding diaryl/α,β-unsaturated/α-hetero) is 1. The van der Waals surface area contributed by atoms with Gasteiger partial charge in [0.2, 0.25) is 11.7 Å². The lowest BCUT2D eigenvalue weighted by molar-refractivity contribution is -0.117. The number of imidazole rings is 1. The van der Waals surface area contributed by atoms with Crippen molar-refractivity contribution in [2.24, 2.45) is 0 Å². The highest BCUT2D eigenvalue weighted by molar-refractivity contribution is 6.20. The van der Waals surface area contributed by atoms with Crippen LogP contribution in [0.3, 0.4) is 0 Å². The molecule has 1 aliphatic heterocycles. The summed E-state index contributed by atoms with van der Waals surface area (Å²) in [5, 5.41) is 21.1. The third kappa shape index (κ3) is 3.58. The van der Waals surface area contributed by atoms with Crippen LogP contribution in [0.2, 0.25) is 0 Å². The van der Waals surface area contributed by atoms with Gasteiger partial charge in [0.05, 0.1) is 35.3 Å². The van der Waals surface area contributed by atoms with E-state index in [-0.39, 0.29) is 22.8 Å². The molecule has 0 radical (unpaired) electrons. The molecule has 0 bridgehead atoms. The van der Waals surface area contributed by atoms with Gasteiger partial charge in [0.25, 0.3) is 5.91 Å². The maximum atomic E-state index is 13.8. The van der Waals surface area contributed by atoms with E-state index in [9.17, 15) is 24.6 Å². The van der Waals surface area contributed by atoms with Crippen LogP contribution in [0.1, 0.15) is 32.5 Å². The number of carboxylic acids is 1. The van der Waals surface area contributed by atoms with Crippen LogP contribution in [0.25, 0.3) is 22.0 Å². The zero-order valence-electron chi connectivity index (χ0n) is 19.8. The number of benzene rings is 3. The molecule has 0 aliphatic carbocycles. The molecular weight excluding hydrogens is 490 g/mol. The van der Waals surface area contributed by atoms with E-state index < -0.39 is 29.5 Å². The molecule has 0 saturated carbocycles. The van der Waals surface area contributed by atoms with E-state index in [0.717, 1.165) is 0 Å². The molecule has 1 amide bonds. The number of nitrogens with zero attached hydrogens (tertiary/aromatic N) is 2. The lowest BCUT2D eigenvalue weighted by atomic mass is 9.95. The van der Waals surface area contributed by atoms with Crippen LogP contribution in [0.15, 0.2) is 88.5 Å². The number of aliphatic hydroxyl groups excluding tert-OH is 1. The molecule has 10 nitrogen and oxygen atoms in total. The Morgan fingerprint density at radius 3 is 2.63 bits per heavy atom. The molecule has 1 atom stereocenters. The van der Waals surface area contributed by atoms with E-state index in [1.165, 1.54) is 30.2 Å². The summed E-state index contributed by atoms with van der Waals surface area (Å²) in [5.41, 5.74) is 1.59. The van der Waals surface area contributed by atoms with E-state index in [0.29, 0.717) is 33.3 Å². The van der Waals surface area contributed by atoms with Crippen LogP contribution in [-0.2, 0) is 4.79 Å². The predicted molar refractivity (Wildman–Crippen MR) is 136 cm³/mol. The summed E-state index contributed by atoms with van der Waals surface area (Å²) in [4.78, 5) is 47.2. The summed E-state index contributed by atoms with van der Waals surface area (Å²) in [6, 6.07) is 18.6. The van der Waals surface area contributed by atoms with Gasteiger partial charge >= 0.3 is 5.97 Å². The van der Waals surface area contributed by atoms with Gasteiger partial charge < -0.3 is 24.4 Å². The molecule has 3 N–H and O–H groups in total. The van der Waals surface area contributed by atoms with Crippen molar-refractivity contribution in [1.29, 1.82) is 0 Å². The highest BCUT2D eigenvalue weighted by Gasteiger charge is 2.46. The van der Waals surface area contributed by atoms with Crippen molar-refractivity contribution < 1.29 is 33.8 Å². The molecule has 188 valence electrons. The van der Waals surface area contributed by atoms with Crippen molar-refractivity contribution in [2.45, 2.75) is 6.04 Å². The van der Waals surface area contributed by atoms with E-state index in [1.54, 1.807) is 54.6 Å². The Kier molecular flexibility index (Phi) is 5.23. The summed E-state index contributed by atoms with van der Waals surface area (Å²) >= 11 is 0. The quantitative estimate of drug-likeness (QED) is 0.277. The van der Waals surface area contributed by atoms with Gasteiger partial charge in [0.15, 0.2) is 11.5 Å². The van der Waals surface area contributed by atoms with Crippen LogP contribution in [-0.4, -0.2) is 45.0 Å². The third-order valence-electron chi connectivity index (χ3n) is 6.46. The zero-order chi connectivity index (χ0) is 26.6. The Balaban J connectivity index is 1.51. The molecule has 6 rings (SSSR count). The zero-order valence-corrected chi connectivity index (χ0v) is 19.8. The van der Waals surface area contributed by atoms with Crippen LogP contribution in [0.4, 0.5) is 5.95 Å². The van der Waals surface area contributed by atoms with Crippen molar-refractivity contribution in [1.82, 2.24) is 9.97 Å². The number of fused-ring (bicyclic) bond motifs is 2. The number of aliphatic hydroxyl groups is 1. The number of carbonyl (C=O) groups excluding carboxylic acids is 2. The summed E-state index contributed by atoms with van der Waals surface area (Å²) in [6.07, 6.45) is 0. The number of H-pyrrole nitrogens is 1. The number of furan rings is 1. The summed E-state index contributed by atoms with van der Waals surface area (Å²) in [5.74, 6) is -2.90. The number of para-hydroxylation sites is 1. The normalized spacial score (nSPS) is 15.6. The van der Waals surface area contributed by atoms with Crippen LogP contribution < -0.4 is 9.64 Å². The second kappa shape index (κ2) is 8.63. The first-order valence-electron chi connectivity index (χ1n) is 11.5. The monoisotopic (exact) mass is 509 g/mol. The molecule has 38 heavy (non-hydrogen) atoms. The summed E-state index contributed by atoms with van der Waals surface area (Å²) in [7, 11) is 1.49. The van der Waals surface area contributed by atoms with Gasteiger partial charge in [-0.2, -0.15) is 0 Å². The minimum atomic E-state index is -1.12. The summed E-state index contributed by atoms with van der Waals surface area (Å²) in [6.45, 7) is 0. The number of ketones is 1. The standard InChI is InChI=1S/C28H19N3O7/c1-37-17-7-4-6-15(11-17)23-22(24(32)21-13-14-5-2-3-8-20(14)38-21)25(33)26(34)31(23)28-29-18-10-9-16(27(35)36)12-19(18)30-28/h2-13,23,33H,1H3,(H,29,30)(H,35,36). The van der Waals surface area contributed by atoms with Gasteiger partial charge in [-0.15, -0.1) is 0 Å². The molecule has 2 aromatic heterocycles. The third-order valence-corrected chi connectivity index (χ3v) is 6.46. The fourth-order valence-corrected chi connectivity index (χ4v) is 4.65. The Morgan fingerprint density at radius 1 is 1.05 bits per heavy atom. The molecular formula is C28H19N3O7. The lowest BCUT2D eigenvalue weighted by Gasteiger charge is -2.24. The van der Waals surface area contributed by atoms with Gasteiger partial charge in [0, 0.05) is 5.39 Å². The number of nitrogens with one attached hydrogen (secondary N) is 1. The first-order chi connectivity index (χ1) is 18.4. The van der Waals surface area contributed by atoms with E-state index in [4.69, 9.17) is 9.15 Å². The highest BCUT2D eigenvalue weighted by Crippen LogP contribution is 2.42. The second-order valence-corrected chi connectivity index (χ2v) is 8.69.